The molecule has 0 aromatic heterocycles. The van der Waals surface area contributed by atoms with Crippen LogP contribution >= 0.6 is 23.2 Å². The van der Waals surface area contributed by atoms with Crippen molar-refractivity contribution >= 4 is 40.7 Å². The van der Waals surface area contributed by atoms with Crippen molar-refractivity contribution < 1.29 is 41.4 Å². The minimum atomic E-state index is -2.56. The van der Waals surface area contributed by atoms with Gasteiger partial charge in [-0.15, -0.1) is 23.2 Å². The summed E-state index contributed by atoms with van der Waals surface area (Å²) in [5, 5.41) is 10.6. The number of carbonyl (C=O) groups is 2. The Kier molecular flexibility index (Phi) is 5.88. The van der Waals surface area contributed by atoms with Gasteiger partial charge >= 0.3 is 0 Å². The topological polar surface area (TPSA) is 66.8 Å². The summed E-state index contributed by atoms with van der Waals surface area (Å²) < 4.78 is 75.6. The average molecular weight is 534 g/mol. The number of hydrogen-bond acceptors (Lipinski definition) is 4. The first-order chi connectivity index (χ1) is 16.4. The summed E-state index contributed by atoms with van der Waals surface area (Å²) in [6, 6.07) is 3.91. The molecule has 3 atom stereocenters. The van der Waals surface area contributed by atoms with Crippen LogP contribution in [0.4, 0.5) is 27.6 Å². The van der Waals surface area contributed by atoms with Gasteiger partial charge in [0.25, 0.3) is 11.8 Å². The lowest BCUT2D eigenvalue weighted by Crippen LogP contribution is -2.54. The number of fused-ring (bicyclic) bond motifs is 1. The number of allylic oxidation sites excluding steroid dienone is 3. The fraction of sp³-hybridized carbons (Fsp3) is 0.217. The van der Waals surface area contributed by atoms with E-state index < -0.39 is 74.4 Å². The number of halogens is 7. The van der Waals surface area contributed by atoms with E-state index in [2.05, 4.69) is 6.58 Å². The first kappa shape index (κ1) is 25.0. The number of imide groups is 1. The lowest BCUT2D eigenvalue weighted by Gasteiger charge is -2.42. The summed E-state index contributed by atoms with van der Waals surface area (Å²) in [5.74, 6) is -16.7. The second kappa shape index (κ2) is 8.23. The fourth-order valence-corrected chi connectivity index (χ4v) is 5.27. The molecule has 12 heteroatoms. The molecule has 184 valence electrons. The van der Waals surface area contributed by atoms with Crippen LogP contribution < -0.4 is 9.64 Å². The Morgan fingerprint density at radius 2 is 1.63 bits per heavy atom. The van der Waals surface area contributed by atoms with Gasteiger partial charge in [-0.3, -0.25) is 9.59 Å². The first-order valence-electron chi connectivity index (χ1n) is 9.84. The highest BCUT2D eigenvalue weighted by Gasteiger charge is 2.74. The Hall–Kier alpha value is -3.11. The van der Waals surface area contributed by atoms with E-state index >= 15 is 0 Å². The molecule has 4 rings (SSSR count). The Balaban J connectivity index is 1.99. The average Bonchev–Trinajstić information content (AvgIpc) is 2.99. The molecule has 1 aliphatic carbocycles. The number of benzene rings is 2. The molecule has 1 N–H and O–H groups in total. The van der Waals surface area contributed by atoms with Gasteiger partial charge in [0.15, 0.2) is 33.0 Å². The van der Waals surface area contributed by atoms with Gasteiger partial charge in [-0.25, -0.2) is 26.9 Å². The Morgan fingerprint density at radius 1 is 1.06 bits per heavy atom. The van der Waals surface area contributed by atoms with Crippen LogP contribution in [-0.2, 0) is 9.59 Å². The first-order valence-corrected chi connectivity index (χ1v) is 10.6. The SMILES string of the molecule is C=CC1=CC[C@@]2(Cl)C(=O)N(c3c(F)c(F)c(F)c(F)c3F)C(=O)[C@@]2(Cl)[C@H]1c1ccc(OC)cc1O. The molecule has 0 bridgehead atoms. The quantitative estimate of drug-likeness (QED) is 0.192. The van der Waals surface area contributed by atoms with Crippen molar-refractivity contribution in [2.75, 3.05) is 12.0 Å². The maximum absolute atomic E-state index is 14.6. The largest absolute Gasteiger partial charge is 0.508 e. The molecule has 35 heavy (non-hydrogen) atoms. The third kappa shape index (κ3) is 3.12. The third-order valence-corrected chi connectivity index (χ3v) is 7.59. The Bertz CT molecular complexity index is 1320. The summed E-state index contributed by atoms with van der Waals surface area (Å²) in [4.78, 5) is 21.7. The van der Waals surface area contributed by atoms with E-state index in [0.29, 0.717) is 0 Å². The highest BCUT2D eigenvalue weighted by Crippen LogP contribution is 2.61. The molecule has 1 fully saturated rings. The summed E-state index contributed by atoms with van der Waals surface area (Å²) in [6.45, 7) is 3.63. The molecule has 5 nitrogen and oxygen atoms in total. The summed E-state index contributed by atoms with van der Waals surface area (Å²) >= 11 is 13.3. The number of amides is 2. The summed E-state index contributed by atoms with van der Waals surface area (Å²) in [5.41, 5.74) is -1.61. The van der Waals surface area contributed by atoms with Gasteiger partial charge in [-0.2, -0.15) is 0 Å². The molecular formula is C23H14Cl2F5NO4. The zero-order valence-corrected chi connectivity index (χ0v) is 19.2. The summed E-state index contributed by atoms with van der Waals surface area (Å²) in [6.07, 6.45) is 2.19. The van der Waals surface area contributed by atoms with E-state index in [1.807, 2.05) is 0 Å². The fourth-order valence-electron chi connectivity index (χ4n) is 4.43. The normalized spacial score (nSPS) is 26.0. The molecule has 2 aliphatic rings. The van der Waals surface area contributed by atoms with Crippen LogP contribution in [0, 0.1) is 29.1 Å². The van der Waals surface area contributed by atoms with Crippen LogP contribution in [-0.4, -0.2) is 33.8 Å². The number of carbonyl (C=O) groups excluding carboxylic acids is 2. The number of anilines is 1. The van der Waals surface area contributed by atoms with Crippen molar-refractivity contribution in [3.05, 3.63) is 77.2 Å². The van der Waals surface area contributed by atoms with Gasteiger partial charge in [0.2, 0.25) is 5.82 Å². The number of rotatable bonds is 4. The van der Waals surface area contributed by atoms with Crippen LogP contribution in [0.5, 0.6) is 11.5 Å². The summed E-state index contributed by atoms with van der Waals surface area (Å²) in [7, 11) is 1.33. The number of alkyl halides is 2. The predicted molar refractivity (Wildman–Crippen MR) is 116 cm³/mol. The monoisotopic (exact) mass is 533 g/mol. The molecule has 1 saturated heterocycles. The van der Waals surface area contributed by atoms with Crippen molar-refractivity contribution in [1.82, 2.24) is 0 Å². The van der Waals surface area contributed by atoms with Crippen LogP contribution in [0.1, 0.15) is 17.9 Å². The lowest BCUT2D eigenvalue weighted by atomic mass is 9.68. The zero-order valence-electron chi connectivity index (χ0n) is 17.6. The van der Waals surface area contributed by atoms with Crippen molar-refractivity contribution in [3.63, 3.8) is 0 Å². The highest BCUT2D eigenvalue weighted by atomic mass is 35.5. The van der Waals surface area contributed by atoms with Crippen molar-refractivity contribution in [3.8, 4) is 11.5 Å². The van der Waals surface area contributed by atoms with E-state index in [9.17, 15) is 36.6 Å². The van der Waals surface area contributed by atoms with Crippen molar-refractivity contribution in [1.29, 1.82) is 0 Å². The number of ether oxygens (including phenoxy) is 1. The van der Waals surface area contributed by atoms with Gasteiger partial charge in [0.1, 0.15) is 17.2 Å². The van der Waals surface area contributed by atoms with Gasteiger partial charge in [0, 0.05) is 17.5 Å². The van der Waals surface area contributed by atoms with E-state index in [-0.39, 0.29) is 21.8 Å². The number of aromatic hydroxyl groups is 1. The number of phenols is 1. The number of phenolic OH excluding ortho intramolecular Hbond substituents is 1. The Morgan fingerprint density at radius 3 is 2.14 bits per heavy atom. The maximum atomic E-state index is 14.6. The van der Waals surface area contributed by atoms with E-state index in [1.165, 1.54) is 37.5 Å². The molecule has 2 aromatic rings. The zero-order chi connectivity index (χ0) is 26.0. The number of nitrogens with zero attached hydrogens (tertiary/aromatic N) is 1. The maximum Gasteiger partial charge on any atom is 0.258 e. The van der Waals surface area contributed by atoms with Crippen LogP contribution in [0.25, 0.3) is 0 Å². The third-order valence-electron chi connectivity index (χ3n) is 6.18. The standard InChI is InChI=1S/C23H14Cl2F5NO4/c1-3-9-6-7-22(24)20(33)31(19-17(29)15(27)14(26)16(28)18(19)30)21(34)23(22,25)13(9)11-5-4-10(35-2)8-12(11)32/h3-6,8,13,32H,1,7H2,2H3/t13-,22-,23+/m1/s1. The highest BCUT2D eigenvalue weighted by molar-refractivity contribution is 6.58. The molecule has 0 spiro atoms. The van der Waals surface area contributed by atoms with Crippen LogP contribution in [0.2, 0.25) is 0 Å². The molecular weight excluding hydrogens is 520 g/mol. The van der Waals surface area contributed by atoms with Gasteiger partial charge in [-0.1, -0.05) is 24.8 Å². The van der Waals surface area contributed by atoms with Gasteiger partial charge in [-0.05, 0) is 18.1 Å². The minimum absolute atomic E-state index is 0.0305. The second-order valence-electron chi connectivity index (χ2n) is 7.85. The molecule has 2 amide bonds. The molecule has 1 heterocycles. The second-order valence-corrected chi connectivity index (χ2v) is 9.09. The van der Waals surface area contributed by atoms with Crippen molar-refractivity contribution in [2.24, 2.45) is 0 Å². The van der Waals surface area contributed by atoms with E-state index in [4.69, 9.17) is 27.9 Å². The van der Waals surface area contributed by atoms with Crippen LogP contribution in [0.15, 0.2) is 42.5 Å². The molecule has 1 aliphatic heterocycles. The number of methoxy groups -OCH3 is 1. The predicted octanol–water partition coefficient (Wildman–Crippen LogP) is 5.22. The smallest absolute Gasteiger partial charge is 0.258 e. The van der Waals surface area contributed by atoms with Gasteiger partial charge in [0.05, 0.1) is 7.11 Å². The van der Waals surface area contributed by atoms with Gasteiger partial charge < -0.3 is 9.84 Å². The molecule has 0 saturated carbocycles. The van der Waals surface area contributed by atoms with Crippen LogP contribution in [0.3, 0.4) is 0 Å². The number of hydrogen-bond donors (Lipinski definition) is 1. The molecule has 2 aromatic carbocycles. The minimum Gasteiger partial charge on any atom is -0.508 e. The van der Waals surface area contributed by atoms with E-state index in [0.717, 1.165) is 0 Å². The molecule has 0 radical (unpaired) electrons. The Labute approximate surface area is 205 Å². The molecule has 0 unspecified atom stereocenters. The van der Waals surface area contributed by atoms with Crippen molar-refractivity contribution in [2.45, 2.75) is 22.1 Å². The van der Waals surface area contributed by atoms with E-state index in [1.54, 1.807) is 0 Å². The lowest BCUT2D eigenvalue weighted by molar-refractivity contribution is -0.122.